The Balaban J connectivity index is 2.05. The number of thioether (sulfide) groups is 1. The number of nitrogens with two attached hydrogens (primary N) is 1. The number of hydrogen-bond donors (Lipinski definition) is 1. The van der Waals surface area contributed by atoms with Gasteiger partial charge in [-0.25, -0.2) is 0 Å². The monoisotopic (exact) mass is 462 g/mol. The number of benzene rings is 2. The summed E-state index contributed by atoms with van der Waals surface area (Å²) in [5.74, 6) is -0.698. The molecule has 4 rings (SSSR count). The molecular weight excluding hydrogens is 433 g/mol. The summed E-state index contributed by atoms with van der Waals surface area (Å²) in [5.41, 5.74) is 6.08. The van der Waals surface area contributed by atoms with E-state index in [0.29, 0.717) is 5.56 Å². The third-order valence-corrected chi connectivity index (χ3v) is 8.72. The summed E-state index contributed by atoms with van der Waals surface area (Å²) in [6.07, 6.45) is 3.51. The highest BCUT2D eigenvalue weighted by atomic mass is 32.2. The number of nitrogens with zero attached hydrogens (tertiary/aromatic N) is 1. The largest absolute Gasteiger partial charge is 0.416 e. The summed E-state index contributed by atoms with van der Waals surface area (Å²) in [7, 11) is 0. The fraction of sp³-hybridized carbons (Fsp3) is 0.480. The van der Waals surface area contributed by atoms with Gasteiger partial charge in [0, 0.05) is 11.1 Å². The van der Waals surface area contributed by atoms with Crippen LogP contribution in [0.25, 0.3) is 0 Å². The molecule has 172 valence electrons. The fourth-order valence-corrected chi connectivity index (χ4v) is 7.19. The molecule has 1 aliphatic heterocycles. The van der Waals surface area contributed by atoms with Gasteiger partial charge in [-0.1, -0.05) is 36.8 Å². The van der Waals surface area contributed by atoms with Crippen molar-refractivity contribution in [1.82, 2.24) is 4.90 Å². The molecule has 1 saturated heterocycles. The second kappa shape index (κ2) is 8.75. The Kier molecular flexibility index (Phi) is 6.34. The summed E-state index contributed by atoms with van der Waals surface area (Å²) in [6, 6.07) is 13.1. The van der Waals surface area contributed by atoms with Crippen LogP contribution in [-0.4, -0.2) is 35.7 Å². The van der Waals surface area contributed by atoms with E-state index in [9.17, 15) is 18.0 Å². The van der Waals surface area contributed by atoms with Gasteiger partial charge in [-0.15, -0.1) is 11.8 Å². The maximum Gasteiger partial charge on any atom is 0.416 e. The first-order valence-electron chi connectivity index (χ1n) is 11.1. The normalized spacial score (nSPS) is 20.9. The predicted molar refractivity (Wildman–Crippen MR) is 123 cm³/mol. The lowest BCUT2D eigenvalue weighted by molar-refractivity contribution is -0.137. The van der Waals surface area contributed by atoms with Crippen LogP contribution in [0.1, 0.15) is 65.6 Å². The summed E-state index contributed by atoms with van der Waals surface area (Å²) >= 11 is 1.53. The van der Waals surface area contributed by atoms with E-state index in [1.54, 1.807) is 0 Å². The molecule has 1 saturated carbocycles. The number of amides is 1. The number of primary amides is 1. The van der Waals surface area contributed by atoms with Crippen LogP contribution in [0.3, 0.4) is 0 Å². The SMILES string of the molecule is CSC(c1ccccc1)(c1cc(C(F)(F)F)ccc1C(N)=O)C1(N2CCCCC2)CCC1. The van der Waals surface area contributed by atoms with Gasteiger partial charge in [0.25, 0.3) is 0 Å². The molecule has 3 nitrogen and oxygen atoms in total. The van der Waals surface area contributed by atoms with Crippen LogP contribution < -0.4 is 5.73 Å². The number of piperidine rings is 1. The molecule has 0 spiro atoms. The second-order valence-electron chi connectivity index (χ2n) is 8.81. The molecule has 1 unspecified atom stereocenters. The highest BCUT2D eigenvalue weighted by Gasteiger charge is 2.60. The minimum atomic E-state index is -4.51. The van der Waals surface area contributed by atoms with E-state index in [4.69, 9.17) is 5.73 Å². The van der Waals surface area contributed by atoms with Gasteiger partial charge in [0.15, 0.2) is 0 Å². The van der Waals surface area contributed by atoms with E-state index in [0.717, 1.165) is 56.8 Å². The maximum absolute atomic E-state index is 13.8. The highest BCUT2D eigenvalue weighted by molar-refractivity contribution is 7.99. The van der Waals surface area contributed by atoms with E-state index < -0.39 is 22.4 Å². The molecule has 2 fully saturated rings. The molecule has 2 aliphatic rings. The van der Waals surface area contributed by atoms with Crippen molar-refractivity contribution in [3.63, 3.8) is 0 Å². The van der Waals surface area contributed by atoms with Crippen LogP contribution >= 0.6 is 11.8 Å². The topological polar surface area (TPSA) is 46.3 Å². The number of halogens is 3. The lowest BCUT2D eigenvalue weighted by Gasteiger charge is -2.62. The van der Waals surface area contributed by atoms with Crippen LogP contribution in [0.15, 0.2) is 48.5 Å². The fourth-order valence-electron chi connectivity index (χ4n) is 5.72. The minimum Gasteiger partial charge on any atom is -0.366 e. The lowest BCUT2D eigenvalue weighted by Crippen LogP contribution is -2.66. The molecule has 0 aromatic heterocycles. The Morgan fingerprint density at radius 1 is 0.969 bits per heavy atom. The zero-order valence-corrected chi connectivity index (χ0v) is 19.1. The summed E-state index contributed by atoms with van der Waals surface area (Å²) < 4.78 is 40.6. The van der Waals surface area contributed by atoms with E-state index in [-0.39, 0.29) is 11.1 Å². The molecule has 1 aliphatic carbocycles. The van der Waals surface area contributed by atoms with Crippen LogP contribution in [0.4, 0.5) is 13.2 Å². The van der Waals surface area contributed by atoms with Crippen molar-refractivity contribution >= 4 is 17.7 Å². The Morgan fingerprint density at radius 2 is 1.62 bits per heavy atom. The molecule has 2 N–H and O–H groups in total. The van der Waals surface area contributed by atoms with Gasteiger partial charge in [-0.05, 0) is 80.8 Å². The Hall–Kier alpha value is -1.99. The molecule has 32 heavy (non-hydrogen) atoms. The van der Waals surface area contributed by atoms with Crippen molar-refractivity contribution in [3.8, 4) is 0 Å². The van der Waals surface area contributed by atoms with E-state index in [1.807, 2.05) is 36.6 Å². The van der Waals surface area contributed by atoms with Crippen LogP contribution in [-0.2, 0) is 10.9 Å². The predicted octanol–water partition coefficient (Wildman–Crippen LogP) is 5.82. The standard InChI is InChI=1S/C25H29F3N2OS/c1-32-24(18-9-4-2-5-10-18,23(13-8-14-23)30-15-6-3-7-16-30)21-17-19(25(26,27)28)11-12-20(21)22(29)31/h2,4-5,9-12,17H,3,6-8,13-16H2,1H3,(H2,29,31). The highest BCUT2D eigenvalue weighted by Crippen LogP contribution is 2.61. The molecule has 1 heterocycles. The van der Waals surface area contributed by atoms with Crippen molar-refractivity contribution in [2.45, 2.75) is 55.0 Å². The van der Waals surface area contributed by atoms with Crippen LogP contribution in [0.5, 0.6) is 0 Å². The third kappa shape index (κ3) is 3.63. The summed E-state index contributed by atoms with van der Waals surface area (Å²) in [4.78, 5) is 15.0. The maximum atomic E-state index is 13.8. The lowest BCUT2D eigenvalue weighted by atomic mass is 9.60. The van der Waals surface area contributed by atoms with Crippen molar-refractivity contribution in [2.75, 3.05) is 19.3 Å². The minimum absolute atomic E-state index is 0.166. The Bertz CT molecular complexity index is 969. The van der Waals surface area contributed by atoms with E-state index in [1.165, 1.54) is 30.3 Å². The Morgan fingerprint density at radius 3 is 2.12 bits per heavy atom. The number of rotatable bonds is 6. The molecule has 0 radical (unpaired) electrons. The van der Waals surface area contributed by atoms with Gasteiger partial charge >= 0.3 is 6.18 Å². The zero-order chi connectivity index (χ0) is 23.0. The van der Waals surface area contributed by atoms with Crippen molar-refractivity contribution in [1.29, 1.82) is 0 Å². The van der Waals surface area contributed by atoms with Gasteiger partial charge in [-0.3, -0.25) is 9.69 Å². The quantitative estimate of drug-likeness (QED) is 0.588. The van der Waals surface area contributed by atoms with Crippen molar-refractivity contribution in [2.24, 2.45) is 5.73 Å². The van der Waals surface area contributed by atoms with Gasteiger partial charge in [0.2, 0.25) is 5.91 Å². The average Bonchev–Trinajstić information content (AvgIpc) is 2.76. The van der Waals surface area contributed by atoms with E-state index >= 15 is 0 Å². The molecule has 7 heteroatoms. The summed E-state index contributed by atoms with van der Waals surface area (Å²) in [5, 5.41) is 0. The molecule has 2 aromatic rings. The zero-order valence-electron chi connectivity index (χ0n) is 18.3. The van der Waals surface area contributed by atoms with Crippen LogP contribution in [0, 0.1) is 0 Å². The number of alkyl halides is 3. The number of likely N-dealkylation sites (tertiary alicyclic amines) is 1. The first-order chi connectivity index (χ1) is 15.3. The smallest absolute Gasteiger partial charge is 0.366 e. The second-order valence-corrected chi connectivity index (χ2v) is 9.83. The van der Waals surface area contributed by atoms with Gasteiger partial charge in [0.05, 0.1) is 10.3 Å². The molecule has 1 atom stereocenters. The number of carbonyl (C=O) groups is 1. The number of hydrogen-bond acceptors (Lipinski definition) is 3. The van der Waals surface area contributed by atoms with Crippen LogP contribution in [0.2, 0.25) is 0 Å². The molecule has 2 aromatic carbocycles. The molecule has 1 amide bonds. The van der Waals surface area contributed by atoms with Gasteiger partial charge < -0.3 is 5.73 Å². The van der Waals surface area contributed by atoms with Crippen molar-refractivity contribution in [3.05, 3.63) is 70.8 Å². The third-order valence-electron chi connectivity index (χ3n) is 7.28. The van der Waals surface area contributed by atoms with Gasteiger partial charge in [-0.2, -0.15) is 13.2 Å². The number of carbonyl (C=O) groups excluding carboxylic acids is 1. The van der Waals surface area contributed by atoms with Crippen molar-refractivity contribution < 1.29 is 18.0 Å². The van der Waals surface area contributed by atoms with E-state index in [2.05, 4.69) is 4.90 Å². The average molecular weight is 463 g/mol. The first-order valence-corrected chi connectivity index (χ1v) is 12.4. The van der Waals surface area contributed by atoms with Gasteiger partial charge in [0.1, 0.15) is 0 Å². The first kappa shape index (κ1) is 23.2. The summed E-state index contributed by atoms with van der Waals surface area (Å²) in [6.45, 7) is 1.83. The molecule has 0 bridgehead atoms. The Labute approximate surface area is 191 Å². The molecular formula is C25H29F3N2OS.